The van der Waals surface area contributed by atoms with Crippen LogP contribution in [0.2, 0.25) is 0 Å². The van der Waals surface area contributed by atoms with Crippen molar-refractivity contribution in [2.75, 3.05) is 0 Å². The van der Waals surface area contributed by atoms with Crippen LogP contribution >= 0.6 is 0 Å². The summed E-state index contributed by atoms with van der Waals surface area (Å²) < 4.78 is 1.71. The Kier molecular flexibility index (Phi) is 3.01. The number of hydrogen-bond acceptors (Lipinski definition) is 3. The van der Waals surface area contributed by atoms with Crippen LogP contribution in [-0.2, 0) is 6.42 Å². The number of aliphatic hydroxyl groups is 1. The molecule has 96 valence electrons. The first kappa shape index (κ1) is 11.9. The van der Waals surface area contributed by atoms with Crippen LogP contribution in [0.3, 0.4) is 0 Å². The van der Waals surface area contributed by atoms with Crippen molar-refractivity contribution in [1.29, 1.82) is 0 Å². The van der Waals surface area contributed by atoms with Crippen molar-refractivity contribution < 1.29 is 5.11 Å². The molecule has 3 aromatic rings. The minimum atomic E-state index is -0.674. The largest absolute Gasteiger partial charge is 0.384 e. The van der Waals surface area contributed by atoms with Crippen LogP contribution in [-0.4, -0.2) is 19.7 Å². The molecule has 1 aromatic carbocycles. The summed E-state index contributed by atoms with van der Waals surface area (Å²) in [5.41, 5.74) is 3.74. The van der Waals surface area contributed by atoms with Crippen LogP contribution in [0.4, 0.5) is 0 Å². The van der Waals surface area contributed by atoms with E-state index in [1.807, 2.05) is 24.3 Å². The van der Waals surface area contributed by atoms with Crippen molar-refractivity contribution in [2.24, 2.45) is 0 Å². The third kappa shape index (κ3) is 2.11. The van der Waals surface area contributed by atoms with Crippen LogP contribution in [0.5, 0.6) is 0 Å². The second-order valence-corrected chi connectivity index (χ2v) is 4.50. The Hall–Kier alpha value is -2.20. The molecule has 1 atom stereocenters. The second-order valence-electron chi connectivity index (χ2n) is 4.50. The molecule has 0 amide bonds. The molecule has 2 heterocycles. The molecule has 19 heavy (non-hydrogen) atoms. The van der Waals surface area contributed by atoms with E-state index < -0.39 is 6.10 Å². The molecule has 0 spiro atoms. The summed E-state index contributed by atoms with van der Waals surface area (Å²) >= 11 is 0. The minimum absolute atomic E-state index is 0.674. The van der Waals surface area contributed by atoms with Gasteiger partial charge in [-0.15, -0.1) is 0 Å². The van der Waals surface area contributed by atoms with E-state index in [1.165, 1.54) is 5.56 Å². The van der Waals surface area contributed by atoms with Crippen LogP contribution in [0, 0.1) is 0 Å². The van der Waals surface area contributed by atoms with Crippen LogP contribution in [0.25, 0.3) is 5.52 Å². The number of aryl methyl sites for hydroxylation is 1. The quantitative estimate of drug-likeness (QED) is 0.779. The number of aliphatic hydroxyl groups excluding tert-OH is 1. The molecule has 0 aliphatic heterocycles. The Balaban J connectivity index is 2.00. The Morgan fingerprint density at radius 3 is 2.74 bits per heavy atom. The average molecular weight is 253 g/mol. The Morgan fingerprint density at radius 1 is 1.21 bits per heavy atom. The highest BCUT2D eigenvalue weighted by Gasteiger charge is 2.15. The highest BCUT2D eigenvalue weighted by molar-refractivity contribution is 5.54. The number of aromatic nitrogens is 3. The molecule has 4 nitrogen and oxygen atoms in total. The summed E-state index contributed by atoms with van der Waals surface area (Å²) in [5.74, 6) is 0. The predicted molar refractivity (Wildman–Crippen MR) is 72.9 cm³/mol. The molecular formula is C15H15N3O. The first-order valence-electron chi connectivity index (χ1n) is 6.33. The van der Waals surface area contributed by atoms with Crippen molar-refractivity contribution >= 4 is 5.52 Å². The summed E-state index contributed by atoms with van der Waals surface area (Å²) in [4.78, 5) is 4.08. The van der Waals surface area contributed by atoms with Gasteiger partial charge in [-0.25, -0.2) is 4.52 Å². The highest BCUT2D eigenvalue weighted by Crippen LogP contribution is 2.25. The normalized spacial score (nSPS) is 12.7. The Bertz CT molecular complexity index is 688. The van der Waals surface area contributed by atoms with Crippen molar-refractivity contribution in [1.82, 2.24) is 14.6 Å². The lowest BCUT2D eigenvalue weighted by Crippen LogP contribution is -1.99. The van der Waals surface area contributed by atoms with Gasteiger partial charge in [-0.05, 0) is 17.5 Å². The van der Waals surface area contributed by atoms with Gasteiger partial charge >= 0.3 is 0 Å². The third-order valence-corrected chi connectivity index (χ3v) is 3.35. The molecule has 0 fully saturated rings. The third-order valence-electron chi connectivity index (χ3n) is 3.35. The summed E-state index contributed by atoms with van der Waals surface area (Å²) in [6.45, 7) is 2.11. The zero-order valence-corrected chi connectivity index (χ0v) is 10.7. The Labute approximate surface area is 111 Å². The fraction of sp³-hybridized carbons (Fsp3) is 0.200. The predicted octanol–water partition coefficient (Wildman–Crippen LogP) is 2.37. The number of nitrogens with zero attached hydrogens (tertiary/aromatic N) is 3. The van der Waals surface area contributed by atoms with Gasteiger partial charge in [-0.2, -0.15) is 5.10 Å². The van der Waals surface area contributed by atoms with Gasteiger partial charge < -0.3 is 5.11 Å². The number of benzene rings is 1. The molecule has 3 rings (SSSR count). The van der Waals surface area contributed by atoms with Gasteiger partial charge in [0.25, 0.3) is 0 Å². The van der Waals surface area contributed by atoms with Gasteiger partial charge in [0.05, 0.1) is 17.9 Å². The van der Waals surface area contributed by atoms with E-state index in [9.17, 15) is 5.11 Å². The van der Waals surface area contributed by atoms with Crippen LogP contribution in [0.15, 0.2) is 49.1 Å². The zero-order chi connectivity index (χ0) is 13.2. The van der Waals surface area contributed by atoms with Gasteiger partial charge in [0, 0.05) is 18.0 Å². The fourth-order valence-corrected chi connectivity index (χ4v) is 2.18. The molecule has 4 heteroatoms. The topological polar surface area (TPSA) is 50.4 Å². The van der Waals surface area contributed by atoms with E-state index in [-0.39, 0.29) is 0 Å². The molecule has 0 aliphatic rings. The second kappa shape index (κ2) is 4.82. The number of fused-ring (bicyclic) bond motifs is 1. The number of rotatable bonds is 3. The molecule has 0 saturated carbocycles. The molecule has 0 aliphatic carbocycles. The Morgan fingerprint density at radius 2 is 2.00 bits per heavy atom. The van der Waals surface area contributed by atoms with E-state index in [2.05, 4.69) is 17.0 Å². The lowest BCUT2D eigenvalue weighted by atomic mass is 10.0. The van der Waals surface area contributed by atoms with Crippen LogP contribution in [0.1, 0.15) is 29.7 Å². The van der Waals surface area contributed by atoms with Crippen molar-refractivity contribution in [3.8, 4) is 0 Å². The highest BCUT2D eigenvalue weighted by atomic mass is 16.3. The average Bonchev–Trinajstić information content (AvgIpc) is 2.90. The van der Waals surface area contributed by atoms with Gasteiger partial charge in [0.15, 0.2) is 0 Å². The van der Waals surface area contributed by atoms with Crippen molar-refractivity contribution in [3.63, 3.8) is 0 Å². The van der Waals surface area contributed by atoms with Gasteiger partial charge in [-0.1, -0.05) is 31.2 Å². The molecule has 2 aromatic heterocycles. The van der Waals surface area contributed by atoms with Crippen molar-refractivity contribution in [3.05, 3.63) is 65.7 Å². The van der Waals surface area contributed by atoms with Gasteiger partial charge in [0.2, 0.25) is 0 Å². The molecule has 0 radical (unpaired) electrons. The summed E-state index contributed by atoms with van der Waals surface area (Å²) in [7, 11) is 0. The van der Waals surface area contributed by atoms with E-state index in [0.29, 0.717) is 0 Å². The lowest BCUT2D eigenvalue weighted by Gasteiger charge is -2.10. The van der Waals surface area contributed by atoms with Gasteiger partial charge in [0.1, 0.15) is 6.10 Å². The maximum atomic E-state index is 10.5. The monoisotopic (exact) mass is 253 g/mol. The summed E-state index contributed by atoms with van der Waals surface area (Å²) in [6, 6.07) is 8.01. The first-order chi connectivity index (χ1) is 9.29. The smallest absolute Gasteiger partial charge is 0.108 e. The van der Waals surface area contributed by atoms with E-state index in [4.69, 9.17) is 0 Å². The van der Waals surface area contributed by atoms with Gasteiger partial charge in [-0.3, -0.25) is 4.98 Å². The number of hydrogen-bond donors (Lipinski definition) is 1. The molecule has 0 saturated heterocycles. The summed E-state index contributed by atoms with van der Waals surface area (Å²) in [5, 5.41) is 14.7. The maximum absolute atomic E-state index is 10.5. The van der Waals surface area contributed by atoms with E-state index in [1.54, 1.807) is 29.3 Å². The minimum Gasteiger partial charge on any atom is -0.384 e. The SMILES string of the molecule is CCc1ccc(C(O)c2cnn3ccncc23)cc1. The maximum Gasteiger partial charge on any atom is 0.108 e. The van der Waals surface area contributed by atoms with E-state index in [0.717, 1.165) is 23.1 Å². The zero-order valence-electron chi connectivity index (χ0n) is 10.7. The van der Waals surface area contributed by atoms with E-state index >= 15 is 0 Å². The molecule has 1 N–H and O–H groups in total. The molecular weight excluding hydrogens is 238 g/mol. The van der Waals surface area contributed by atoms with Crippen LogP contribution < -0.4 is 0 Å². The molecule has 1 unspecified atom stereocenters. The standard InChI is InChI=1S/C15H15N3O/c1-2-11-3-5-12(6-4-11)15(19)13-9-17-18-8-7-16-10-14(13)18/h3-10,15,19H,2H2,1H3. The fourth-order valence-electron chi connectivity index (χ4n) is 2.18. The first-order valence-corrected chi connectivity index (χ1v) is 6.33. The summed E-state index contributed by atoms with van der Waals surface area (Å²) in [6.07, 6.45) is 7.17. The molecule has 0 bridgehead atoms. The van der Waals surface area contributed by atoms with Crippen molar-refractivity contribution in [2.45, 2.75) is 19.4 Å². The lowest BCUT2D eigenvalue weighted by molar-refractivity contribution is 0.222.